The third-order valence-electron chi connectivity index (χ3n) is 2.10. The standard InChI is InChI=1S/C12H19N3O3S/c1-9(2)15-19(17,18)13-8-11-5-4-6-12(7-11)14-10(3)16/h4-7,9,13,15H,8H2,1-3H3,(H,14,16). The second kappa shape index (κ2) is 6.65. The van der Waals surface area contributed by atoms with Gasteiger partial charge in [0.1, 0.15) is 0 Å². The van der Waals surface area contributed by atoms with Crippen LogP contribution in [0.25, 0.3) is 0 Å². The topological polar surface area (TPSA) is 87.3 Å². The molecule has 0 fully saturated rings. The predicted octanol–water partition coefficient (Wildman–Crippen LogP) is 0.977. The minimum Gasteiger partial charge on any atom is -0.326 e. The van der Waals surface area contributed by atoms with Gasteiger partial charge in [-0.05, 0) is 31.5 Å². The van der Waals surface area contributed by atoms with Crippen molar-refractivity contribution in [3.8, 4) is 0 Å². The van der Waals surface area contributed by atoms with Gasteiger partial charge in [0.25, 0.3) is 10.2 Å². The Kier molecular flexibility index (Phi) is 5.46. The Balaban J connectivity index is 2.65. The molecule has 1 aromatic carbocycles. The fourth-order valence-corrected chi connectivity index (χ4v) is 2.55. The van der Waals surface area contributed by atoms with Crippen LogP contribution in [0.3, 0.4) is 0 Å². The molecule has 106 valence electrons. The van der Waals surface area contributed by atoms with Crippen LogP contribution < -0.4 is 14.8 Å². The fraction of sp³-hybridized carbons (Fsp3) is 0.417. The summed E-state index contributed by atoms with van der Waals surface area (Å²) in [6.45, 7) is 5.07. The van der Waals surface area contributed by atoms with Crippen molar-refractivity contribution in [1.29, 1.82) is 0 Å². The molecule has 0 unspecified atom stereocenters. The Labute approximate surface area is 113 Å². The smallest absolute Gasteiger partial charge is 0.277 e. The van der Waals surface area contributed by atoms with Gasteiger partial charge in [0.05, 0.1) is 0 Å². The van der Waals surface area contributed by atoms with Crippen LogP contribution in [0.4, 0.5) is 5.69 Å². The summed E-state index contributed by atoms with van der Waals surface area (Å²) in [5, 5.41) is 2.64. The first kappa shape index (κ1) is 15.6. The van der Waals surface area contributed by atoms with Crippen molar-refractivity contribution in [3.63, 3.8) is 0 Å². The van der Waals surface area contributed by atoms with E-state index in [1.165, 1.54) is 6.92 Å². The van der Waals surface area contributed by atoms with Crippen LogP contribution in [-0.2, 0) is 21.5 Å². The maximum Gasteiger partial charge on any atom is 0.277 e. The molecule has 0 heterocycles. The lowest BCUT2D eigenvalue weighted by Crippen LogP contribution is -2.39. The summed E-state index contributed by atoms with van der Waals surface area (Å²) in [5.74, 6) is -0.167. The number of carbonyl (C=O) groups is 1. The molecule has 0 aliphatic heterocycles. The van der Waals surface area contributed by atoms with Crippen molar-refractivity contribution in [2.45, 2.75) is 33.4 Å². The van der Waals surface area contributed by atoms with E-state index < -0.39 is 10.2 Å². The van der Waals surface area contributed by atoms with Crippen LogP contribution in [0, 0.1) is 0 Å². The molecule has 6 nitrogen and oxygen atoms in total. The average molecular weight is 285 g/mol. The first-order valence-electron chi connectivity index (χ1n) is 5.92. The average Bonchev–Trinajstić information content (AvgIpc) is 2.24. The van der Waals surface area contributed by atoms with E-state index >= 15 is 0 Å². The molecule has 0 aliphatic rings. The van der Waals surface area contributed by atoms with Crippen LogP contribution in [0.1, 0.15) is 26.3 Å². The van der Waals surface area contributed by atoms with E-state index in [4.69, 9.17) is 0 Å². The molecule has 7 heteroatoms. The molecule has 0 aromatic heterocycles. The summed E-state index contributed by atoms with van der Waals surface area (Å²) >= 11 is 0. The highest BCUT2D eigenvalue weighted by molar-refractivity contribution is 7.87. The molecule has 1 rings (SSSR count). The van der Waals surface area contributed by atoms with Crippen LogP contribution >= 0.6 is 0 Å². The van der Waals surface area contributed by atoms with Gasteiger partial charge >= 0.3 is 0 Å². The van der Waals surface area contributed by atoms with E-state index in [-0.39, 0.29) is 18.5 Å². The Morgan fingerprint density at radius 3 is 2.58 bits per heavy atom. The molecular weight excluding hydrogens is 266 g/mol. The quantitative estimate of drug-likeness (QED) is 0.728. The summed E-state index contributed by atoms with van der Waals surface area (Å²) in [4.78, 5) is 10.9. The molecule has 1 amide bonds. The highest BCUT2D eigenvalue weighted by Gasteiger charge is 2.10. The van der Waals surface area contributed by atoms with E-state index in [1.807, 2.05) is 0 Å². The largest absolute Gasteiger partial charge is 0.326 e. The predicted molar refractivity (Wildman–Crippen MR) is 74.8 cm³/mol. The van der Waals surface area contributed by atoms with Crippen LogP contribution in [-0.4, -0.2) is 20.4 Å². The van der Waals surface area contributed by atoms with E-state index in [9.17, 15) is 13.2 Å². The molecule has 0 saturated heterocycles. The van der Waals surface area contributed by atoms with Crippen molar-refractivity contribution in [2.24, 2.45) is 0 Å². The maximum absolute atomic E-state index is 11.6. The van der Waals surface area contributed by atoms with E-state index in [0.29, 0.717) is 5.69 Å². The first-order chi connectivity index (χ1) is 8.78. The summed E-state index contributed by atoms with van der Waals surface area (Å²) in [7, 11) is -3.50. The van der Waals surface area contributed by atoms with E-state index in [0.717, 1.165) is 5.56 Å². The Morgan fingerprint density at radius 1 is 1.32 bits per heavy atom. The lowest BCUT2D eigenvalue weighted by molar-refractivity contribution is -0.114. The highest BCUT2D eigenvalue weighted by atomic mass is 32.2. The Morgan fingerprint density at radius 2 is 2.00 bits per heavy atom. The van der Waals surface area contributed by atoms with Gasteiger partial charge in [-0.15, -0.1) is 0 Å². The Bertz CT molecular complexity index is 541. The minimum absolute atomic E-state index is 0.162. The number of rotatable bonds is 6. The van der Waals surface area contributed by atoms with E-state index in [1.54, 1.807) is 38.1 Å². The first-order valence-corrected chi connectivity index (χ1v) is 7.40. The van der Waals surface area contributed by atoms with Crippen molar-refractivity contribution < 1.29 is 13.2 Å². The number of carbonyl (C=O) groups excluding carboxylic acids is 1. The van der Waals surface area contributed by atoms with Gasteiger partial charge in [-0.2, -0.15) is 17.9 Å². The molecule has 0 bridgehead atoms. The summed E-state index contributed by atoms with van der Waals surface area (Å²) in [6.07, 6.45) is 0. The number of benzene rings is 1. The lowest BCUT2D eigenvalue weighted by Gasteiger charge is -2.11. The van der Waals surface area contributed by atoms with Gasteiger partial charge in [-0.25, -0.2) is 0 Å². The van der Waals surface area contributed by atoms with Gasteiger partial charge in [-0.3, -0.25) is 4.79 Å². The van der Waals surface area contributed by atoms with E-state index in [2.05, 4.69) is 14.8 Å². The van der Waals surface area contributed by atoms with Gasteiger partial charge in [0, 0.05) is 25.2 Å². The number of hydrogen-bond acceptors (Lipinski definition) is 3. The molecule has 1 aromatic rings. The summed E-state index contributed by atoms with van der Waals surface area (Å²) in [5.41, 5.74) is 1.40. The number of hydrogen-bond donors (Lipinski definition) is 3. The van der Waals surface area contributed by atoms with Crippen LogP contribution in [0.15, 0.2) is 24.3 Å². The number of nitrogens with one attached hydrogen (secondary N) is 3. The molecule has 0 radical (unpaired) electrons. The second-order valence-electron chi connectivity index (χ2n) is 4.48. The molecule has 0 spiro atoms. The third-order valence-corrected chi connectivity index (χ3v) is 3.41. The van der Waals surface area contributed by atoms with Gasteiger partial charge < -0.3 is 5.32 Å². The molecule has 3 N–H and O–H groups in total. The van der Waals surface area contributed by atoms with Crippen molar-refractivity contribution >= 4 is 21.8 Å². The van der Waals surface area contributed by atoms with Gasteiger partial charge in [0.2, 0.25) is 5.91 Å². The fourth-order valence-electron chi connectivity index (χ4n) is 1.49. The van der Waals surface area contributed by atoms with Crippen LogP contribution in [0.5, 0.6) is 0 Å². The number of amides is 1. The van der Waals surface area contributed by atoms with Crippen molar-refractivity contribution in [2.75, 3.05) is 5.32 Å². The zero-order valence-electron chi connectivity index (χ0n) is 11.2. The molecule has 19 heavy (non-hydrogen) atoms. The summed E-state index contributed by atoms with van der Waals surface area (Å²) < 4.78 is 28.0. The van der Waals surface area contributed by atoms with Gasteiger partial charge in [-0.1, -0.05) is 12.1 Å². The molecule has 0 atom stereocenters. The normalized spacial score (nSPS) is 11.6. The molecule has 0 saturated carbocycles. The van der Waals surface area contributed by atoms with Crippen LogP contribution in [0.2, 0.25) is 0 Å². The minimum atomic E-state index is -3.50. The SMILES string of the molecule is CC(=O)Nc1cccc(CNS(=O)(=O)NC(C)C)c1. The maximum atomic E-state index is 11.6. The monoisotopic (exact) mass is 285 g/mol. The highest BCUT2D eigenvalue weighted by Crippen LogP contribution is 2.10. The van der Waals surface area contributed by atoms with Crippen molar-refractivity contribution in [1.82, 2.24) is 9.44 Å². The summed E-state index contributed by atoms with van der Waals surface area (Å²) in [6, 6.07) is 6.84. The third kappa shape index (κ3) is 6.32. The molecule has 0 aliphatic carbocycles. The lowest BCUT2D eigenvalue weighted by atomic mass is 10.2. The zero-order valence-corrected chi connectivity index (χ0v) is 12.0. The number of anilines is 1. The second-order valence-corrected chi connectivity index (χ2v) is 6.01. The van der Waals surface area contributed by atoms with Crippen molar-refractivity contribution in [3.05, 3.63) is 29.8 Å². The Hall–Kier alpha value is -1.44. The zero-order chi connectivity index (χ0) is 14.5. The van der Waals surface area contributed by atoms with Gasteiger partial charge in [0.15, 0.2) is 0 Å². The molecular formula is C12H19N3O3S.